The van der Waals surface area contributed by atoms with E-state index in [0.29, 0.717) is 66.5 Å². The molecule has 2 aliphatic heterocycles. The highest BCUT2D eigenvalue weighted by molar-refractivity contribution is 7.93. The van der Waals surface area contributed by atoms with E-state index in [2.05, 4.69) is 19.9 Å². The summed E-state index contributed by atoms with van der Waals surface area (Å²) in [5, 5.41) is 7.13. The molecular formula is C32H36Cl2N6O5S2. The maximum atomic E-state index is 12.8. The third-order valence-electron chi connectivity index (χ3n) is 7.97. The molecule has 0 saturated carbocycles. The monoisotopic (exact) mass is 718 g/mol. The van der Waals surface area contributed by atoms with E-state index in [-0.39, 0.29) is 10.3 Å². The van der Waals surface area contributed by atoms with Gasteiger partial charge in [-0.05, 0) is 81.2 Å². The zero-order valence-corrected chi connectivity index (χ0v) is 28.6. The lowest BCUT2D eigenvalue weighted by Gasteiger charge is -2.33. The Labute approximate surface area is 285 Å². The minimum atomic E-state index is -3.51. The van der Waals surface area contributed by atoms with Gasteiger partial charge < -0.3 is 10.2 Å². The third kappa shape index (κ3) is 9.05. The summed E-state index contributed by atoms with van der Waals surface area (Å²) in [4.78, 5) is 14.7. The molecule has 0 unspecified atom stereocenters. The van der Waals surface area contributed by atoms with Crippen LogP contribution in [0.15, 0.2) is 95.9 Å². The van der Waals surface area contributed by atoms with Crippen LogP contribution in [0.4, 0.5) is 17.1 Å². The number of sulfonamides is 2. The maximum Gasteiger partial charge on any atom is 0.292 e. The first-order valence-corrected chi connectivity index (χ1v) is 19.0. The summed E-state index contributed by atoms with van der Waals surface area (Å²) in [6.45, 7) is 2.45. The van der Waals surface area contributed by atoms with Crippen molar-refractivity contribution in [3.8, 4) is 5.69 Å². The highest BCUT2D eigenvalue weighted by Gasteiger charge is 2.31. The van der Waals surface area contributed by atoms with Crippen molar-refractivity contribution in [1.82, 2.24) is 15.1 Å². The maximum absolute atomic E-state index is 12.8. The molecule has 15 heteroatoms. The van der Waals surface area contributed by atoms with Gasteiger partial charge in [-0.3, -0.25) is 14.2 Å². The second-order valence-corrected chi connectivity index (χ2v) is 15.9. The van der Waals surface area contributed by atoms with Gasteiger partial charge in [0.2, 0.25) is 20.0 Å². The van der Waals surface area contributed by atoms with Crippen LogP contribution in [0.3, 0.4) is 0 Å². The van der Waals surface area contributed by atoms with Gasteiger partial charge in [-0.15, -0.1) is 0 Å². The van der Waals surface area contributed by atoms with Crippen molar-refractivity contribution in [3.63, 3.8) is 0 Å². The number of anilines is 3. The summed E-state index contributed by atoms with van der Waals surface area (Å²) in [6, 6.07) is 24.6. The molecule has 3 N–H and O–H groups in total. The number of nitrogens with zero attached hydrogens (tertiary/aromatic N) is 3. The molecule has 47 heavy (non-hydrogen) atoms. The average molecular weight is 720 g/mol. The first kappa shape index (κ1) is 34.7. The molecule has 0 atom stereocenters. The third-order valence-corrected chi connectivity index (χ3v) is 12.3. The number of piperidine rings is 2. The van der Waals surface area contributed by atoms with Crippen molar-refractivity contribution < 1.29 is 16.8 Å². The van der Waals surface area contributed by atoms with E-state index >= 15 is 0 Å². The Kier molecular flexibility index (Phi) is 11.5. The summed E-state index contributed by atoms with van der Waals surface area (Å²) in [7, 11) is -6.74. The first-order valence-electron chi connectivity index (χ1n) is 15.2. The van der Waals surface area contributed by atoms with Gasteiger partial charge in [-0.25, -0.2) is 16.8 Å². The summed E-state index contributed by atoms with van der Waals surface area (Å²) in [5.74, 6) is 0. The predicted molar refractivity (Wildman–Crippen MR) is 189 cm³/mol. The SMILES string of the molecule is O=S(=O)(Nc1ccccc1)C1CCNCC1.O=c1c(Cl)c(N2CCC(S(=O)(=O)Nc3ccccc3)CC2)cnn1-c1cccc(Cl)c1. The van der Waals surface area contributed by atoms with Crippen molar-refractivity contribution in [2.45, 2.75) is 36.2 Å². The second kappa shape index (κ2) is 15.5. The minimum absolute atomic E-state index is 0.0405. The van der Waals surface area contributed by atoms with Crippen molar-refractivity contribution in [3.05, 3.63) is 112 Å². The van der Waals surface area contributed by atoms with Gasteiger partial charge in [-0.2, -0.15) is 9.78 Å². The van der Waals surface area contributed by atoms with E-state index in [1.54, 1.807) is 60.7 Å². The lowest BCUT2D eigenvalue weighted by molar-refractivity contribution is 0.499. The molecule has 0 spiro atoms. The molecule has 3 heterocycles. The molecule has 0 radical (unpaired) electrons. The van der Waals surface area contributed by atoms with Gasteiger partial charge in [0.25, 0.3) is 5.56 Å². The fraction of sp³-hybridized carbons (Fsp3) is 0.312. The van der Waals surface area contributed by atoms with Gasteiger partial charge in [0.15, 0.2) is 0 Å². The van der Waals surface area contributed by atoms with E-state index in [4.69, 9.17) is 23.2 Å². The van der Waals surface area contributed by atoms with E-state index in [1.165, 1.54) is 10.9 Å². The van der Waals surface area contributed by atoms with Crippen molar-refractivity contribution >= 4 is 60.3 Å². The van der Waals surface area contributed by atoms with Gasteiger partial charge in [0.1, 0.15) is 5.02 Å². The zero-order chi connectivity index (χ0) is 33.4. The van der Waals surface area contributed by atoms with Crippen LogP contribution in [0.25, 0.3) is 5.69 Å². The summed E-state index contributed by atoms with van der Waals surface area (Å²) in [6.07, 6.45) is 3.72. The van der Waals surface area contributed by atoms with E-state index in [9.17, 15) is 21.6 Å². The fourth-order valence-corrected chi connectivity index (χ4v) is 8.84. The Hall–Kier alpha value is -3.62. The number of halogens is 2. The average Bonchev–Trinajstić information content (AvgIpc) is 3.07. The molecule has 0 bridgehead atoms. The molecule has 0 aliphatic carbocycles. The molecule has 2 aliphatic rings. The Morgan fingerprint density at radius 3 is 1.79 bits per heavy atom. The van der Waals surface area contributed by atoms with E-state index < -0.39 is 30.9 Å². The highest BCUT2D eigenvalue weighted by atomic mass is 35.5. The molecule has 4 aromatic rings. The van der Waals surface area contributed by atoms with Crippen molar-refractivity contribution in [2.24, 2.45) is 0 Å². The van der Waals surface area contributed by atoms with Crippen LogP contribution in [0.2, 0.25) is 10.0 Å². The van der Waals surface area contributed by atoms with Crippen molar-refractivity contribution in [2.75, 3.05) is 40.5 Å². The normalized spacial score (nSPS) is 16.2. The first-order chi connectivity index (χ1) is 22.5. The summed E-state index contributed by atoms with van der Waals surface area (Å²) in [5.41, 5.74) is 1.74. The molecule has 2 saturated heterocycles. The number of benzene rings is 3. The van der Waals surface area contributed by atoms with Gasteiger partial charge in [-0.1, -0.05) is 65.7 Å². The molecule has 11 nitrogen and oxygen atoms in total. The molecule has 2 fully saturated rings. The number of rotatable bonds is 8. The molecular weight excluding hydrogens is 683 g/mol. The second-order valence-electron chi connectivity index (χ2n) is 11.2. The lowest BCUT2D eigenvalue weighted by Crippen LogP contribution is -2.42. The van der Waals surface area contributed by atoms with Crippen LogP contribution >= 0.6 is 23.2 Å². The summed E-state index contributed by atoms with van der Waals surface area (Å²) >= 11 is 12.4. The Morgan fingerprint density at radius 1 is 0.723 bits per heavy atom. The summed E-state index contributed by atoms with van der Waals surface area (Å²) < 4.78 is 55.9. The smallest absolute Gasteiger partial charge is 0.292 e. The minimum Gasteiger partial charge on any atom is -0.369 e. The largest absolute Gasteiger partial charge is 0.369 e. The number of aromatic nitrogens is 2. The Morgan fingerprint density at radius 2 is 1.26 bits per heavy atom. The zero-order valence-electron chi connectivity index (χ0n) is 25.4. The van der Waals surface area contributed by atoms with E-state index in [1.807, 2.05) is 29.2 Å². The van der Waals surface area contributed by atoms with Crippen molar-refractivity contribution in [1.29, 1.82) is 0 Å². The number of nitrogens with one attached hydrogen (secondary N) is 3. The van der Waals surface area contributed by atoms with Crippen LogP contribution in [0.1, 0.15) is 25.7 Å². The lowest BCUT2D eigenvalue weighted by atomic mass is 10.1. The number of hydrogen-bond donors (Lipinski definition) is 3. The van der Waals surface area contributed by atoms with Crippen LogP contribution in [-0.4, -0.2) is 63.3 Å². The highest BCUT2D eigenvalue weighted by Crippen LogP contribution is 2.28. The standard InChI is InChI=1S/C21H20Cl2N4O3S.C11H16N2O2S/c22-15-5-4-8-17(13-15)27-21(28)20(23)19(14-24-27)26-11-9-18(10-12-26)31(29,30)25-16-6-2-1-3-7-16;14-16(15,11-6-8-12-9-7-11)13-10-4-2-1-3-5-10/h1-8,13-14,18,25H,9-12H2;1-5,11-13H,6-9H2. The molecule has 1 aromatic heterocycles. The van der Waals surface area contributed by atoms with Crippen LogP contribution < -0.4 is 25.2 Å². The Balaban J connectivity index is 0.000000227. The van der Waals surface area contributed by atoms with Gasteiger partial charge in [0, 0.05) is 29.5 Å². The Bertz CT molecular complexity index is 1920. The predicted octanol–water partition coefficient (Wildman–Crippen LogP) is 5.13. The molecule has 6 rings (SSSR count). The van der Waals surface area contributed by atoms with E-state index in [0.717, 1.165) is 13.1 Å². The quantitative estimate of drug-likeness (QED) is 0.228. The topological polar surface area (TPSA) is 142 Å². The molecule has 3 aromatic carbocycles. The molecule has 250 valence electrons. The van der Waals surface area contributed by atoms with Gasteiger partial charge >= 0.3 is 0 Å². The molecule has 0 amide bonds. The number of hydrogen-bond acceptors (Lipinski definition) is 8. The number of para-hydroxylation sites is 2. The van der Waals surface area contributed by atoms with Crippen LogP contribution in [0, 0.1) is 0 Å². The fourth-order valence-electron chi connectivity index (χ4n) is 5.46. The van der Waals surface area contributed by atoms with Crippen LogP contribution in [-0.2, 0) is 20.0 Å². The van der Waals surface area contributed by atoms with Crippen LogP contribution in [0.5, 0.6) is 0 Å². The van der Waals surface area contributed by atoms with Gasteiger partial charge in [0.05, 0.1) is 28.1 Å².